The van der Waals surface area contributed by atoms with E-state index in [4.69, 9.17) is 4.42 Å². The third-order valence-electron chi connectivity index (χ3n) is 4.99. The smallest absolute Gasteiger partial charge is 0.134 e. The van der Waals surface area contributed by atoms with Crippen molar-refractivity contribution in [3.8, 4) is 17.3 Å². The molecule has 0 amide bonds. The van der Waals surface area contributed by atoms with Crippen LogP contribution in [0.3, 0.4) is 0 Å². The number of benzene rings is 1. The first-order valence-electron chi connectivity index (χ1n) is 9.04. The molecule has 1 aliphatic carbocycles. The average Bonchev–Trinajstić information content (AvgIpc) is 3.39. The van der Waals surface area contributed by atoms with Gasteiger partial charge in [0.2, 0.25) is 0 Å². The Kier molecular flexibility index (Phi) is 4.99. The van der Waals surface area contributed by atoms with Crippen molar-refractivity contribution in [2.45, 2.75) is 38.0 Å². The lowest BCUT2D eigenvalue weighted by Gasteiger charge is -2.22. The number of furan rings is 1. The SMILES string of the molecule is N#C/C(=C/c1ccoc1)c1nc(-c2ccc(C3CCCCC3)cc2)cs1. The molecule has 3 nitrogen and oxygen atoms in total. The van der Waals surface area contributed by atoms with E-state index in [0.717, 1.165) is 21.8 Å². The van der Waals surface area contributed by atoms with Crippen LogP contribution in [0.4, 0.5) is 0 Å². The second-order valence-corrected chi connectivity index (χ2v) is 7.58. The number of hydrogen-bond acceptors (Lipinski definition) is 4. The van der Waals surface area contributed by atoms with Gasteiger partial charge >= 0.3 is 0 Å². The average molecular weight is 360 g/mol. The van der Waals surface area contributed by atoms with Crippen LogP contribution >= 0.6 is 11.3 Å². The van der Waals surface area contributed by atoms with Crippen LogP contribution in [0.15, 0.2) is 52.7 Å². The molecule has 0 N–H and O–H groups in total. The highest BCUT2D eigenvalue weighted by atomic mass is 32.1. The number of aromatic nitrogens is 1. The molecule has 1 saturated carbocycles. The van der Waals surface area contributed by atoms with Crippen LogP contribution < -0.4 is 0 Å². The monoisotopic (exact) mass is 360 g/mol. The Morgan fingerprint density at radius 2 is 1.96 bits per heavy atom. The summed E-state index contributed by atoms with van der Waals surface area (Å²) >= 11 is 1.50. The van der Waals surface area contributed by atoms with Crippen molar-refractivity contribution in [2.75, 3.05) is 0 Å². The van der Waals surface area contributed by atoms with E-state index in [1.165, 1.54) is 49.0 Å². The highest BCUT2D eigenvalue weighted by molar-refractivity contribution is 7.11. The van der Waals surface area contributed by atoms with Crippen molar-refractivity contribution in [3.63, 3.8) is 0 Å². The summed E-state index contributed by atoms with van der Waals surface area (Å²) < 4.78 is 5.06. The molecular weight excluding hydrogens is 340 g/mol. The predicted octanol–water partition coefficient (Wildman–Crippen LogP) is 6.51. The molecule has 0 spiro atoms. The van der Waals surface area contributed by atoms with Crippen LogP contribution in [0.1, 0.15) is 54.2 Å². The van der Waals surface area contributed by atoms with Gasteiger partial charge in [-0.15, -0.1) is 11.3 Å². The summed E-state index contributed by atoms with van der Waals surface area (Å²) in [6, 6.07) is 12.9. The standard InChI is InChI=1S/C22H20N2OS/c23-13-20(12-16-10-11-25-14-16)22-24-21(15-26-22)19-8-6-18(7-9-19)17-4-2-1-3-5-17/h6-12,14-15,17H,1-5H2/b20-12-. The van der Waals surface area contributed by atoms with Crippen LogP contribution in [-0.4, -0.2) is 4.98 Å². The van der Waals surface area contributed by atoms with Crippen molar-refractivity contribution in [1.82, 2.24) is 4.98 Å². The highest BCUT2D eigenvalue weighted by Crippen LogP contribution is 2.34. The third-order valence-corrected chi connectivity index (χ3v) is 5.87. The van der Waals surface area contributed by atoms with Crippen LogP contribution in [0.5, 0.6) is 0 Å². The minimum Gasteiger partial charge on any atom is -0.472 e. The summed E-state index contributed by atoms with van der Waals surface area (Å²) in [4.78, 5) is 4.67. The summed E-state index contributed by atoms with van der Waals surface area (Å²) in [7, 11) is 0. The molecule has 1 fully saturated rings. The van der Waals surface area contributed by atoms with E-state index in [9.17, 15) is 5.26 Å². The van der Waals surface area contributed by atoms with E-state index in [1.54, 1.807) is 18.6 Å². The molecule has 4 heteroatoms. The van der Waals surface area contributed by atoms with Gasteiger partial charge in [-0.2, -0.15) is 5.26 Å². The summed E-state index contributed by atoms with van der Waals surface area (Å²) in [5.74, 6) is 0.715. The second kappa shape index (κ2) is 7.72. The van der Waals surface area contributed by atoms with E-state index < -0.39 is 0 Å². The van der Waals surface area contributed by atoms with Crippen molar-refractivity contribution < 1.29 is 4.42 Å². The molecule has 1 aromatic carbocycles. The molecule has 0 saturated heterocycles. The molecule has 0 atom stereocenters. The van der Waals surface area contributed by atoms with Gasteiger partial charge in [-0.05, 0) is 36.5 Å². The molecule has 0 bridgehead atoms. The maximum Gasteiger partial charge on any atom is 0.134 e. The molecular formula is C22H20N2OS. The highest BCUT2D eigenvalue weighted by Gasteiger charge is 2.16. The van der Waals surface area contributed by atoms with Crippen LogP contribution in [0.2, 0.25) is 0 Å². The zero-order chi connectivity index (χ0) is 17.8. The van der Waals surface area contributed by atoms with Gasteiger partial charge in [0.05, 0.1) is 23.8 Å². The number of nitrogens with zero attached hydrogens (tertiary/aromatic N) is 2. The molecule has 130 valence electrons. The van der Waals surface area contributed by atoms with Crippen molar-refractivity contribution in [1.29, 1.82) is 5.26 Å². The molecule has 4 rings (SSSR count). The third kappa shape index (κ3) is 3.63. The Morgan fingerprint density at radius 3 is 2.65 bits per heavy atom. The number of rotatable bonds is 4. The first-order valence-corrected chi connectivity index (χ1v) is 9.91. The van der Waals surface area contributed by atoms with Gasteiger partial charge in [-0.3, -0.25) is 0 Å². The van der Waals surface area contributed by atoms with Crippen molar-refractivity contribution >= 4 is 23.0 Å². The lowest BCUT2D eigenvalue weighted by atomic mass is 9.84. The fraction of sp³-hybridized carbons (Fsp3) is 0.273. The molecule has 0 radical (unpaired) electrons. The number of hydrogen-bond donors (Lipinski definition) is 0. The maximum atomic E-state index is 9.46. The van der Waals surface area contributed by atoms with E-state index in [2.05, 4.69) is 35.3 Å². The quantitative estimate of drug-likeness (QED) is 0.498. The first kappa shape index (κ1) is 16.8. The van der Waals surface area contributed by atoms with Gasteiger partial charge in [0.25, 0.3) is 0 Å². The zero-order valence-corrected chi connectivity index (χ0v) is 15.3. The largest absolute Gasteiger partial charge is 0.472 e. The van der Waals surface area contributed by atoms with Crippen LogP contribution in [-0.2, 0) is 0 Å². The van der Waals surface area contributed by atoms with Gasteiger partial charge in [0.1, 0.15) is 11.1 Å². The Balaban J connectivity index is 1.55. The first-order chi connectivity index (χ1) is 12.8. The molecule has 0 aliphatic heterocycles. The Bertz CT molecular complexity index is 923. The summed E-state index contributed by atoms with van der Waals surface area (Å²) in [5.41, 5.74) is 4.90. The van der Waals surface area contributed by atoms with Gasteiger partial charge in [0.15, 0.2) is 0 Å². The Morgan fingerprint density at radius 1 is 1.15 bits per heavy atom. The Hall–Kier alpha value is -2.64. The van der Waals surface area contributed by atoms with Crippen LogP contribution in [0.25, 0.3) is 22.9 Å². The van der Waals surface area contributed by atoms with Gasteiger partial charge < -0.3 is 4.42 Å². The molecule has 2 aromatic heterocycles. The van der Waals surface area contributed by atoms with Gasteiger partial charge in [0, 0.05) is 16.5 Å². The van der Waals surface area contributed by atoms with Crippen molar-refractivity contribution in [3.05, 3.63) is 64.4 Å². The number of allylic oxidation sites excluding steroid dienone is 1. The fourth-order valence-electron chi connectivity index (χ4n) is 3.56. The van der Waals surface area contributed by atoms with E-state index >= 15 is 0 Å². The topological polar surface area (TPSA) is 49.8 Å². The minimum absolute atomic E-state index is 0.557. The molecule has 0 unspecified atom stereocenters. The summed E-state index contributed by atoms with van der Waals surface area (Å²) in [5, 5.41) is 12.2. The van der Waals surface area contributed by atoms with E-state index in [0.29, 0.717) is 11.5 Å². The lowest BCUT2D eigenvalue weighted by Crippen LogP contribution is -2.04. The number of thiazole rings is 1. The van der Waals surface area contributed by atoms with Gasteiger partial charge in [-0.1, -0.05) is 43.5 Å². The fourth-order valence-corrected chi connectivity index (χ4v) is 4.35. The maximum absolute atomic E-state index is 9.46. The van der Waals surface area contributed by atoms with E-state index in [-0.39, 0.29) is 0 Å². The van der Waals surface area contributed by atoms with Crippen molar-refractivity contribution in [2.24, 2.45) is 0 Å². The summed E-state index contributed by atoms with van der Waals surface area (Å²) in [6.45, 7) is 0. The zero-order valence-electron chi connectivity index (χ0n) is 14.5. The predicted molar refractivity (Wildman–Crippen MR) is 106 cm³/mol. The summed E-state index contributed by atoms with van der Waals surface area (Å²) in [6.07, 6.45) is 11.7. The second-order valence-electron chi connectivity index (χ2n) is 6.72. The number of nitriles is 1. The minimum atomic E-state index is 0.557. The molecule has 3 aromatic rings. The molecule has 2 heterocycles. The molecule has 1 aliphatic rings. The lowest BCUT2D eigenvalue weighted by molar-refractivity contribution is 0.443. The van der Waals surface area contributed by atoms with Gasteiger partial charge in [-0.25, -0.2) is 4.98 Å². The van der Waals surface area contributed by atoms with E-state index in [1.807, 2.05) is 11.4 Å². The molecule has 26 heavy (non-hydrogen) atoms. The Labute approximate surface area is 157 Å². The van der Waals surface area contributed by atoms with Crippen LogP contribution in [0, 0.1) is 11.3 Å². The normalized spacial score (nSPS) is 15.7.